The van der Waals surface area contributed by atoms with Crippen molar-refractivity contribution < 1.29 is 32.2 Å². The average molecular weight is 410 g/mol. The number of carbonyl (C=O) groups excluding carboxylic acids is 1. The number of rotatable bonds is 5. The highest BCUT2D eigenvalue weighted by Crippen LogP contribution is 2.39. The molecule has 150 valence electrons. The normalized spacial score (nSPS) is 21.2. The van der Waals surface area contributed by atoms with Gasteiger partial charge in [0.25, 0.3) is 5.91 Å². The lowest BCUT2D eigenvalue weighted by Crippen LogP contribution is -2.30. The fourth-order valence-electron chi connectivity index (χ4n) is 3.46. The van der Waals surface area contributed by atoms with Crippen molar-refractivity contribution in [2.75, 3.05) is 24.1 Å². The summed E-state index contributed by atoms with van der Waals surface area (Å²) in [6, 6.07) is 5.92. The molecule has 2 aromatic carbocycles. The molecule has 2 fully saturated rings. The van der Waals surface area contributed by atoms with Gasteiger partial charge in [-0.1, -0.05) is 6.07 Å². The van der Waals surface area contributed by atoms with Crippen molar-refractivity contribution in [3.05, 3.63) is 30.1 Å². The van der Waals surface area contributed by atoms with E-state index in [4.69, 9.17) is 9.47 Å². The highest BCUT2D eigenvalue weighted by atomic mass is 32.2. The summed E-state index contributed by atoms with van der Waals surface area (Å²) in [6.07, 6.45) is 2.93. The molecule has 1 atom stereocenters. The summed E-state index contributed by atoms with van der Waals surface area (Å²) in [5.41, 5.74) is -0.567. The molecule has 1 amide bonds. The van der Waals surface area contributed by atoms with E-state index in [0.717, 1.165) is 25.9 Å². The maximum absolute atomic E-state index is 15.1. The first kappa shape index (κ1) is 18.8. The Labute approximate surface area is 161 Å². The van der Waals surface area contributed by atoms with Crippen LogP contribution in [0.15, 0.2) is 24.3 Å². The van der Waals surface area contributed by atoms with E-state index >= 15 is 4.39 Å². The second kappa shape index (κ2) is 7.10. The first-order chi connectivity index (χ1) is 13.3. The number of halogens is 1. The molecule has 2 aromatic rings. The molecule has 2 N–H and O–H groups in total. The number of nitrogens with zero attached hydrogens (tertiary/aromatic N) is 1. The van der Waals surface area contributed by atoms with Crippen LogP contribution in [-0.4, -0.2) is 45.3 Å². The van der Waals surface area contributed by atoms with Crippen molar-refractivity contribution in [1.29, 1.82) is 0 Å². The molecule has 4 rings (SSSR count). The lowest BCUT2D eigenvalue weighted by atomic mass is 10.1. The summed E-state index contributed by atoms with van der Waals surface area (Å²) in [5, 5.41) is 10.6. The van der Waals surface area contributed by atoms with Crippen LogP contribution in [0.5, 0.6) is 11.5 Å². The van der Waals surface area contributed by atoms with E-state index in [0.29, 0.717) is 22.0 Å². The molecule has 0 radical (unpaired) electrons. The zero-order valence-electron chi connectivity index (χ0n) is 14.9. The number of anilines is 1. The Morgan fingerprint density at radius 2 is 2.18 bits per heavy atom. The minimum absolute atomic E-state index is 0.0805. The Kier molecular flexibility index (Phi) is 4.76. The maximum atomic E-state index is 15.1. The van der Waals surface area contributed by atoms with Crippen molar-refractivity contribution in [1.82, 2.24) is 4.72 Å². The number of fused-ring (bicyclic) bond motifs is 1. The van der Waals surface area contributed by atoms with Gasteiger partial charge in [-0.2, -0.15) is 8.42 Å². The SMILES string of the molecule is O=C1CN(c2c(O)cc3ccc(OCCC4CCCO4)cc3c2F)S(=O)(=O)N1. The fraction of sp³-hybridized carbons (Fsp3) is 0.389. The third kappa shape index (κ3) is 3.45. The van der Waals surface area contributed by atoms with E-state index < -0.39 is 39.9 Å². The van der Waals surface area contributed by atoms with E-state index in [-0.39, 0.29) is 11.5 Å². The van der Waals surface area contributed by atoms with Gasteiger partial charge >= 0.3 is 10.2 Å². The van der Waals surface area contributed by atoms with Crippen molar-refractivity contribution in [3.8, 4) is 11.5 Å². The molecule has 0 aliphatic carbocycles. The Balaban J connectivity index is 1.63. The van der Waals surface area contributed by atoms with E-state index in [2.05, 4.69) is 0 Å². The van der Waals surface area contributed by atoms with Gasteiger partial charge in [-0.15, -0.1) is 0 Å². The number of nitrogens with one attached hydrogen (secondary N) is 1. The van der Waals surface area contributed by atoms with Crippen LogP contribution in [0.25, 0.3) is 10.8 Å². The zero-order chi connectivity index (χ0) is 19.9. The van der Waals surface area contributed by atoms with Crippen molar-refractivity contribution in [2.45, 2.75) is 25.4 Å². The second-order valence-electron chi connectivity index (χ2n) is 6.75. The summed E-state index contributed by atoms with van der Waals surface area (Å²) in [5.74, 6) is -1.90. The number of ether oxygens (including phenoxy) is 2. The van der Waals surface area contributed by atoms with E-state index in [9.17, 15) is 18.3 Å². The smallest absolute Gasteiger partial charge is 0.326 e. The molecular formula is C18H19FN2O6S. The lowest BCUT2D eigenvalue weighted by molar-refractivity contribution is -0.117. The number of hydrogen-bond acceptors (Lipinski definition) is 6. The summed E-state index contributed by atoms with van der Waals surface area (Å²) < 4.78 is 52.7. The summed E-state index contributed by atoms with van der Waals surface area (Å²) in [7, 11) is -4.25. The monoisotopic (exact) mass is 410 g/mol. The van der Waals surface area contributed by atoms with Gasteiger partial charge in [0, 0.05) is 18.4 Å². The fourth-order valence-corrected chi connectivity index (χ4v) is 4.62. The number of hydrogen-bond donors (Lipinski definition) is 2. The molecule has 1 unspecified atom stereocenters. The first-order valence-corrected chi connectivity index (χ1v) is 10.3. The molecule has 0 saturated carbocycles. The molecule has 0 aromatic heterocycles. The van der Waals surface area contributed by atoms with Crippen LogP contribution in [0.1, 0.15) is 19.3 Å². The number of phenols is 1. The standard InChI is InChI=1S/C18H19FN2O6S/c19-17-14-9-13(27-7-5-12-2-1-6-26-12)4-3-11(14)8-15(22)18(17)21-10-16(23)20-28(21,24)25/h3-4,8-9,12,22H,1-2,5-7,10H2,(H,20,23). The van der Waals surface area contributed by atoms with Gasteiger partial charge in [0.2, 0.25) is 0 Å². The zero-order valence-corrected chi connectivity index (χ0v) is 15.7. The van der Waals surface area contributed by atoms with Crippen LogP contribution in [0.2, 0.25) is 0 Å². The predicted octanol–water partition coefficient (Wildman–Crippen LogP) is 1.81. The number of aromatic hydroxyl groups is 1. The van der Waals surface area contributed by atoms with E-state index in [1.54, 1.807) is 16.9 Å². The summed E-state index contributed by atoms with van der Waals surface area (Å²) in [6.45, 7) is 0.562. The number of carbonyl (C=O) groups is 1. The number of benzene rings is 2. The van der Waals surface area contributed by atoms with Gasteiger partial charge in [-0.25, -0.2) is 13.4 Å². The third-order valence-corrected chi connectivity index (χ3v) is 6.18. The van der Waals surface area contributed by atoms with Gasteiger partial charge in [0.1, 0.15) is 23.7 Å². The molecule has 28 heavy (non-hydrogen) atoms. The minimum Gasteiger partial charge on any atom is -0.506 e. The van der Waals surface area contributed by atoms with Crippen LogP contribution >= 0.6 is 0 Å². The first-order valence-electron chi connectivity index (χ1n) is 8.88. The second-order valence-corrected chi connectivity index (χ2v) is 8.35. The van der Waals surface area contributed by atoms with E-state index in [1.165, 1.54) is 12.1 Å². The highest BCUT2D eigenvalue weighted by molar-refractivity contribution is 7.92. The molecular weight excluding hydrogens is 391 g/mol. The molecule has 2 aliphatic rings. The van der Waals surface area contributed by atoms with Crippen LogP contribution in [0, 0.1) is 5.82 Å². The molecule has 8 nitrogen and oxygen atoms in total. The Morgan fingerprint density at radius 1 is 1.36 bits per heavy atom. The van der Waals surface area contributed by atoms with Crippen molar-refractivity contribution >= 4 is 32.6 Å². The van der Waals surface area contributed by atoms with Crippen LogP contribution in [0.3, 0.4) is 0 Å². The third-order valence-electron chi connectivity index (χ3n) is 4.81. The van der Waals surface area contributed by atoms with Gasteiger partial charge in [0.05, 0.1) is 12.7 Å². The maximum Gasteiger partial charge on any atom is 0.326 e. The minimum atomic E-state index is -4.25. The summed E-state index contributed by atoms with van der Waals surface area (Å²) >= 11 is 0. The number of amides is 1. The molecule has 2 heterocycles. The highest BCUT2D eigenvalue weighted by Gasteiger charge is 2.37. The molecule has 2 aliphatic heterocycles. The summed E-state index contributed by atoms with van der Waals surface area (Å²) in [4.78, 5) is 11.4. The Bertz CT molecular complexity index is 1040. The van der Waals surface area contributed by atoms with Gasteiger partial charge < -0.3 is 14.6 Å². The largest absolute Gasteiger partial charge is 0.506 e. The van der Waals surface area contributed by atoms with Crippen molar-refractivity contribution in [2.24, 2.45) is 0 Å². The molecule has 0 bridgehead atoms. The average Bonchev–Trinajstić information content (AvgIpc) is 3.23. The Hall–Kier alpha value is -2.59. The van der Waals surface area contributed by atoms with Crippen molar-refractivity contribution in [3.63, 3.8) is 0 Å². The topological polar surface area (TPSA) is 105 Å². The van der Waals surface area contributed by atoms with E-state index in [1.807, 2.05) is 0 Å². The molecule has 0 spiro atoms. The van der Waals surface area contributed by atoms with Gasteiger partial charge in [-0.3, -0.25) is 4.79 Å². The van der Waals surface area contributed by atoms with Crippen LogP contribution in [-0.2, 0) is 19.7 Å². The number of phenolic OH excluding ortho intramolecular Hbond substituents is 1. The lowest BCUT2D eigenvalue weighted by Gasteiger charge is -2.18. The van der Waals surface area contributed by atoms with Crippen LogP contribution < -0.4 is 13.8 Å². The molecule has 10 heteroatoms. The Morgan fingerprint density at radius 3 is 2.86 bits per heavy atom. The van der Waals surface area contributed by atoms with Gasteiger partial charge in [0.15, 0.2) is 5.82 Å². The van der Waals surface area contributed by atoms with Crippen LogP contribution in [0.4, 0.5) is 10.1 Å². The molecule has 2 saturated heterocycles. The predicted molar refractivity (Wildman–Crippen MR) is 99.1 cm³/mol. The quantitative estimate of drug-likeness (QED) is 0.779. The van der Waals surface area contributed by atoms with Gasteiger partial charge in [-0.05, 0) is 36.4 Å².